The van der Waals surface area contributed by atoms with Crippen LogP contribution in [0.5, 0.6) is 0 Å². The first-order valence-electron chi connectivity index (χ1n) is 12.2. The molecule has 0 fully saturated rings. The van der Waals surface area contributed by atoms with E-state index >= 15 is 0 Å². The van der Waals surface area contributed by atoms with Crippen molar-refractivity contribution in [3.8, 4) is 0 Å². The van der Waals surface area contributed by atoms with E-state index in [2.05, 4.69) is 54.9 Å². The molecule has 0 saturated heterocycles. The van der Waals surface area contributed by atoms with Gasteiger partial charge in [0.1, 0.15) is 0 Å². The first-order chi connectivity index (χ1) is 13.8. The van der Waals surface area contributed by atoms with E-state index in [0.717, 1.165) is 0 Å². The summed E-state index contributed by atoms with van der Waals surface area (Å²) in [4.78, 5) is 0. The monoisotopic (exact) mass is 469 g/mol. The lowest BCUT2D eigenvalue weighted by atomic mass is 9.98. The maximum Gasteiger partial charge on any atom is -0.00848 e. The van der Waals surface area contributed by atoms with Crippen LogP contribution in [0, 0.1) is 13.8 Å². The van der Waals surface area contributed by atoms with Crippen molar-refractivity contribution in [3.05, 3.63) is 34.9 Å². The largest absolute Gasteiger partial charge is 0.344 e. The molecule has 172 valence electrons. The second kappa shape index (κ2) is 23.9. The van der Waals surface area contributed by atoms with Gasteiger partial charge in [0.15, 0.2) is 0 Å². The first-order valence-corrected chi connectivity index (χ1v) is 13.8. The molecule has 0 aliphatic rings. The maximum atomic E-state index is 2.94. The molecular weight excluding hydrogens is 418 g/mol. The number of benzene rings is 1. The predicted octanol–water partition coefficient (Wildman–Crippen LogP) is 10.3. The van der Waals surface area contributed by atoms with Crippen LogP contribution in [0.2, 0.25) is 0 Å². The molecule has 1 nitrogen and oxygen atoms in total. The van der Waals surface area contributed by atoms with Crippen LogP contribution in [0.1, 0.15) is 126 Å². The Morgan fingerprint density at radius 3 is 1.38 bits per heavy atom. The summed E-state index contributed by atoms with van der Waals surface area (Å²) in [7, 11) is 0. The van der Waals surface area contributed by atoms with Gasteiger partial charge in [-0.15, -0.1) is 0 Å². The molecule has 0 heterocycles. The quantitative estimate of drug-likeness (QED) is 0.178. The van der Waals surface area contributed by atoms with Gasteiger partial charge in [-0.3, -0.25) is 0 Å². The number of halogens is 1. The van der Waals surface area contributed by atoms with Gasteiger partial charge in [-0.2, -0.15) is 0 Å². The van der Waals surface area contributed by atoms with Crippen molar-refractivity contribution < 1.29 is 0 Å². The highest BCUT2D eigenvalue weighted by molar-refractivity contribution is 9.08. The first kappa shape index (κ1) is 30.9. The number of alkyl halides is 1. The molecule has 29 heavy (non-hydrogen) atoms. The molecule has 0 aromatic heterocycles. The summed E-state index contributed by atoms with van der Waals surface area (Å²) in [5.41, 5.74) is 4.52. The Morgan fingerprint density at radius 2 is 0.966 bits per heavy atom. The molecular formula is C27H52BrN. The number of unbranched alkanes of at least 4 members (excludes halogenated alkanes) is 15. The molecule has 0 amide bonds. The van der Waals surface area contributed by atoms with Gasteiger partial charge >= 0.3 is 0 Å². The van der Waals surface area contributed by atoms with Crippen LogP contribution in [-0.4, -0.2) is 5.83 Å². The van der Waals surface area contributed by atoms with Crippen LogP contribution < -0.4 is 6.15 Å². The van der Waals surface area contributed by atoms with E-state index in [1.54, 1.807) is 5.56 Å². The Labute approximate surface area is 192 Å². The van der Waals surface area contributed by atoms with E-state index in [0.29, 0.717) is 0 Å². The van der Waals surface area contributed by atoms with Crippen LogP contribution in [0.4, 0.5) is 0 Å². The molecule has 0 unspecified atom stereocenters. The highest BCUT2D eigenvalue weighted by atomic mass is 79.9. The number of rotatable bonds is 17. The average molecular weight is 471 g/mol. The van der Waals surface area contributed by atoms with E-state index < -0.39 is 0 Å². The molecule has 1 rings (SSSR count). The second-order valence-electron chi connectivity index (χ2n) is 8.41. The molecule has 2 heteroatoms. The molecule has 0 aliphatic carbocycles. The number of hydrogen-bond acceptors (Lipinski definition) is 1. The minimum Gasteiger partial charge on any atom is -0.344 e. The fourth-order valence-corrected chi connectivity index (χ4v) is 3.95. The van der Waals surface area contributed by atoms with E-state index in [9.17, 15) is 0 Å². The van der Waals surface area contributed by atoms with Crippen LogP contribution >= 0.6 is 15.9 Å². The van der Waals surface area contributed by atoms with Crippen molar-refractivity contribution in [3.63, 3.8) is 0 Å². The van der Waals surface area contributed by atoms with Gasteiger partial charge in [-0.1, -0.05) is 137 Å². The zero-order chi connectivity index (χ0) is 20.9. The molecule has 1 aromatic carbocycles. The van der Waals surface area contributed by atoms with Gasteiger partial charge in [-0.25, -0.2) is 0 Å². The summed E-state index contributed by atoms with van der Waals surface area (Å²) in [6.07, 6.45) is 24.4. The summed E-state index contributed by atoms with van der Waals surface area (Å²) in [6.45, 7) is 6.80. The zero-order valence-corrected chi connectivity index (χ0v) is 21.9. The summed E-state index contributed by atoms with van der Waals surface area (Å²) < 4.78 is 0. The molecule has 3 N–H and O–H groups in total. The highest BCUT2D eigenvalue weighted by Crippen LogP contribution is 2.17. The van der Waals surface area contributed by atoms with Gasteiger partial charge < -0.3 is 6.15 Å². The topological polar surface area (TPSA) is 35.0 Å². The van der Waals surface area contributed by atoms with Gasteiger partial charge in [0.05, 0.1) is 0 Å². The van der Waals surface area contributed by atoms with Crippen LogP contribution in [-0.2, 0) is 6.42 Å². The summed E-state index contributed by atoms with van der Waals surface area (Å²) >= 11 is 2.94. The van der Waals surface area contributed by atoms with Gasteiger partial charge in [0, 0.05) is 0 Å². The zero-order valence-electron chi connectivity index (χ0n) is 20.3. The van der Waals surface area contributed by atoms with E-state index in [-0.39, 0.29) is 6.15 Å². The van der Waals surface area contributed by atoms with Gasteiger partial charge in [0.25, 0.3) is 0 Å². The highest BCUT2D eigenvalue weighted by Gasteiger charge is 2.00. The van der Waals surface area contributed by atoms with Gasteiger partial charge in [0.2, 0.25) is 0 Å². The van der Waals surface area contributed by atoms with Crippen molar-refractivity contribution in [2.24, 2.45) is 0 Å². The van der Waals surface area contributed by atoms with Crippen molar-refractivity contribution in [1.29, 1.82) is 0 Å². The molecule has 0 radical (unpaired) electrons. The summed E-state index contributed by atoms with van der Waals surface area (Å²) in [6, 6.07) is 6.75. The Hall–Kier alpha value is -0.340. The Morgan fingerprint density at radius 1 is 0.586 bits per heavy atom. The lowest BCUT2D eigenvalue weighted by molar-refractivity contribution is 0.529. The van der Waals surface area contributed by atoms with Crippen molar-refractivity contribution in [1.82, 2.24) is 6.15 Å². The fraction of sp³-hybridized carbons (Fsp3) is 0.778. The Balaban J connectivity index is 0. The average Bonchev–Trinajstić information content (AvgIpc) is 2.72. The van der Waals surface area contributed by atoms with Gasteiger partial charge in [-0.05, 0) is 49.2 Å². The number of hydrogen-bond donors (Lipinski definition) is 1. The van der Waals surface area contributed by atoms with Crippen molar-refractivity contribution >= 4 is 15.9 Å². The van der Waals surface area contributed by atoms with Crippen molar-refractivity contribution in [2.75, 3.05) is 5.83 Å². The maximum absolute atomic E-state index is 2.94. The van der Waals surface area contributed by atoms with E-state index in [1.807, 2.05) is 5.83 Å². The molecule has 0 bridgehead atoms. The van der Waals surface area contributed by atoms with Crippen LogP contribution in [0.15, 0.2) is 18.2 Å². The second-order valence-corrected chi connectivity index (χ2v) is 8.41. The summed E-state index contributed by atoms with van der Waals surface area (Å²) in [5.74, 6) is 1.81. The minimum atomic E-state index is 0. The van der Waals surface area contributed by atoms with Crippen LogP contribution in [0.25, 0.3) is 0 Å². The lowest BCUT2D eigenvalue weighted by Crippen LogP contribution is -1.92. The van der Waals surface area contributed by atoms with E-state index in [1.165, 1.54) is 120 Å². The third-order valence-electron chi connectivity index (χ3n) is 6.02. The normalized spacial score (nSPS) is 10.2. The third kappa shape index (κ3) is 18.2. The number of aryl methyl sites for hydroxylation is 2. The molecule has 0 atom stereocenters. The predicted molar refractivity (Wildman–Crippen MR) is 139 cm³/mol. The Bertz CT molecular complexity index is 444. The van der Waals surface area contributed by atoms with Crippen LogP contribution in [0.3, 0.4) is 0 Å². The minimum absolute atomic E-state index is 0. The third-order valence-corrected chi connectivity index (χ3v) is 6.02. The van der Waals surface area contributed by atoms with Crippen molar-refractivity contribution in [2.45, 2.75) is 130 Å². The lowest BCUT2D eigenvalue weighted by Gasteiger charge is -2.08. The molecule has 1 aromatic rings. The molecule has 0 saturated carbocycles. The van der Waals surface area contributed by atoms with E-state index in [4.69, 9.17) is 0 Å². The molecule has 0 aliphatic heterocycles. The summed E-state index contributed by atoms with van der Waals surface area (Å²) in [5, 5.41) is 0. The Kier molecular flexibility index (Phi) is 25.5. The smallest absolute Gasteiger partial charge is 0.00848 e. The SMILES string of the molecule is CBr.CCCCCCCCCCCCCCCCCCc1cccc(C)c1C.N. The molecule has 0 spiro atoms. The standard InChI is InChI=1S/C26H46.CH3Br.H3N/c1-4-5-6-7-8-9-10-11-12-13-14-15-16-17-18-19-22-26-23-20-21-24(2)25(26)3;1-2;/h20-21,23H,4-19,22H2,1-3H3;1H3;1H3. The fourth-order valence-electron chi connectivity index (χ4n) is 3.95.